The molecule has 28 heavy (non-hydrogen) atoms. The molecule has 11 heteroatoms. The van der Waals surface area contributed by atoms with E-state index in [0.29, 0.717) is 6.54 Å². The van der Waals surface area contributed by atoms with Gasteiger partial charge in [-0.1, -0.05) is 6.07 Å². The maximum absolute atomic E-state index is 12.1. The fourth-order valence-electron chi connectivity index (χ4n) is 2.45. The van der Waals surface area contributed by atoms with Crippen LogP contribution in [0.5, 0.6) is 0 Å². The third-order valence-electron chi connectivity index (χ3n) is 3.70. The number of carbonyl (C=O) groups excluding carboxylic acids is 4. The molecule has 2 atom stereocenters. The third kappa shape index (κ3) is 8.28. The van der Waals surface area contributed by atoms with Gasteiger partial charge in [0.05, 0.1) is 18.9 Å². The maximum atomic E-state index is 12.1. The van der Waals surface area contributed by atoms with Crippen LogP contribution in [0.15, 0.2) is 17.5 Å². The van der Waals surface area contributed by atoms with Crippen LogP contribution in [-0.4, -0.2) is 54.1 Å². The van der Waals surface area contributed by atoms with Crippen LogP contribution in [0, 0.1) is 0 Å². The highest BCUT2D eigenvalue weighted by molar-refractivity contribution is 8.00. The summed E-state index contributed by atoms with van der Waals surface area (Å²) in [5.41, 5.74) is -0.482. The van der Waals surface area contributed by atoms with Gasteiger partial charge in [-0.3, -0.25) is 24.5 Å². The predicted octanol–water partition coefficient (Wildman–Crippen LogP) is -0.0714. The number of rotatable bonds is 10. The summed E-state index contributed by atoms with van der Waals surface area (Å²) >= 11 is 2.74. The zero-order valence-corrected chi connectivity index (χ0v) is 17.1. The van der Waals surface area contributed by atoms with Crippen molar-refractivity contribution in [2.45, 2.75) is 37.8 Å². The fraction of sp³-hybridized carbons (Fsp3) is 0.529. The Morgan fingerprint density at radius 1 is 1.32 bits per heavy atom. The van der Waals surface area contributed by atoms with Gasteiger partial charge >= 0.3 is 5.97 Å². The Balaban J connectivity index is 1.69. The third-order valence-corrected chi connectivity index (χ3v) is 5.59. The molecule has 0 radical (unpaired) electrons. The lowest BCUT2D eigenvalue weighted by Crippen LogP contribution is -2.56. The zero-order chi connectivity index (χ0) is 20.4. The van der Waals surface area contributed by atoms with Crippen molar-refractivity contribution in [3.8, 4) is 0 Å². The molecule has 9 nitrogen and oxygen atoms in total. The van der Waals surface area contributed by atoms with Crippen molar-refractivity contribution in [3.05, 3.63) is 22.4 Å². The van der Waals surface area contributed by atoms with Gasteiger partial charge < -0.3 is 20.7 Å². The molecule has 1 aromatic heterocycles. The van der Waals surface area contributed by atoms with E-state index in [2.05, 4.69) is 21.3 Å². The van der Waals surface area contributed by atoms with E-state index in [-0.39, 0.29) is 55.5 Å². The molecule has 1 aliphatic rings. The topological polar surface area (TPSA) is 126 Å². The smallest absolute Gasteiger partial charge is 0.325 e. The summed E-state index contributed by atoms with van der Waals surface area (Å²) in [6, 6.07) is 3.55. The van der Waals surface area contributed by atoms with Crippen molar-refractivity contribution in [1.29, 1.82) is 0 Å². The molecule has 1 aliphatic heterocycles. The molecule has 2 heterocycles. The van der Waals surface area contributed by atoms with Gasteiger partial charge in [0.1, 0.15) is 12.0 Å². The van der Waals surface area contributed by atoms with E-state index in [9.17, 15) is 19.2 Å². The summed E-state index contributed by atoms with van der Waals surface area (Å²) < 4.78 is 4.73. The van der Waals surface area contributed by atoms with Gasteiger partial charge in [-0.15, -0.1) is 23.1 Å². The van der Waals surface area contributed by atoms with Crippen molar-refractivity contribution >= 4 is 46.8 Å². The van der Waals surface area contributed by atoms with Crippen molar-refractivity contribution in [2.75, 3.05) is 18.9 Å². The van der Waals surface area contributed by atoms with Crippen LogP contribution in [0.2, 0.25) is 0 Å². The molecule has 0 aliphatic carbocycles. The molecule has 0 spiro atoms. The summed E-state index contributed by atoms with van der Waals surface area (Å²) in [4.78, 5) is 48.1. The number of hydrogen-bond acceptors (Lipinski definition) is 8. The van der Waals surface area contributed by atoms with Gasteiger partial charge in [0.15, 0.2) is 0 Å². The van der Waals surface area contributed by atoms with E-state index in [1.54, 1.807) is 18.3 Å². The molecule has 1 saturated heterocycles. The molecule has 2 rings (SSSR count). The van der Waals surface area contributed by atoms with Crippen molar-refractivity contribution in [2.24, 2.45) is 0 Å². The van der Waals surface area contributed by atoms with Crippen LogP contribution >= 0.6 is 23.1 Å². The van der Waals surface area contributed by atoms with E-state index >= 15 is 0 Å². The van der Waals surface area contributed by atoms with Crippen LogP contribution < -0.4 is 21.3 Å². The van der Waals surface area contributed by atoms with Crippen molar-refractivity contribution in [3.63, 3.8) is 0 Å². The first-order chi connectivity index (χ1) is 13.5. The van der Waals surface area contributed by atoms with Gasteiger partial charge in [0.2, 0.25) is 17.7 Å². The molecule has 1 fully saturated rings. The number of nitrogens with one attached hydrogen (secondary N) is 4. The molecule has 0 saturated carbocycles. The minimum atomic E-state index is -0.501. The molecule has 4 N–H and O–H groups in total. The highest BCUT2D eigenvalue weighted by Gasteiger charge is 2.28. The van der Waals surface area contributed by atoms with Gasteiger partial charge in [-0.2, -0.15) is 0 Å². The van der Waals surface area contributed by atoms with E-state index in [1.165, 1.54) is 11.8 Å². The number of hydrogen-bond donors (Lipinski definition) is 4. The second kappa shape index (κ2) is 11.7. The standard InChI is InChI=1S/C17H24N4O5S2/c1-2-26-16(25)9-19-15(24)10-28-17-20-11(7-14(23)21-17)6-13(22)18-8-12-4-3-5-27-12/h3-5,11,17,20H,2,6-10H2,1H3,(H,18,22)(H,19,24)(H,21,23). The number of amides is 3. The normalized spacial score (nSPS) is 18.8. The number of esters is 1. The zero-order valence-electron chi connectivity index (χ0n) is 15.5. The number of carbonyl (C=O) groups is 4. The molecule has 154 valence electrons. The van der Waals surface area contributed by atoms with Gasteiger partial charge in [-0.05, 0) is 18.4 Å². The molecule has 0 bridgehead atoms. The lowest BCUT2D eigenvalue weighted by atomic mass is 10.1. The molecular weight excluding hydrogens is 404 g/mol. The second-order valence-electron chi connectivity index (χ2n) is 5.97. The average Bonchev–Trinajstić information content (AvgIpc) is 3.16. The van der Waals surface area contributed by atoms with Crippen LogP contribution in [0.4, 0.5) is 0 Å². The monoisotopic (exact) mass is 428 g/mol. The Morgan fingerprint density at radius 3 is 2.86 bits per heavy atom. The predicted molar refractivity (Wildman–Crippen MR) is 106 cm³/mol. The van der Waals surface area contributed by atoms with E-state index in [0.717, 1.165) is 4.88 Å². The summed E-state index contributed by atoms with van der Waals surface area (Å²) in [6.07, 6.45) is 0.365. The summed E-state index contributed by atoms with van der Waals surface area (Å²) in [6.45, 7) is 2.22. The lowest BCUT2D eigenvalue weighted by molar-refractivity contribution is -0.143. The van der Waals surface area contributed by atoms with Crippen molar-refractivity contribution in [1.82, 2.24) is 21.3 Å². The molecule has 3 amide bonds. The summed E-state index contributed by atoms with van der Waals surface area (Å²) in [5.74, 6) is -1.12. The number of thiophene rings is 1. The lowest BCUT2D eigenvalue weighted by Gasteiger charge is -2.30. The Labute approximate surface area is 171 Å². The molecule has 2 unspecified atom stereocenters. The summed E-state index contributed by atoms with van der Waals surface area (Å²) in [5, 5.41) is 13.1. The van der Waals surface area contributed by atoms with Gasteiger partial charge in [0.25, 0.3) is 0 Å². The molecular formula is C17H24N4O5S2. The average molecular weight is 429 g/mol. The van der Waals surface area contributed by atoms with E-state index in [4.69, 9.17) is 4.74 Å². The Morgan fingerprint density at radius 2 is 2.14 bits per heavy atom. The SMILES string of the molecule is CCOC(=O)CNC(=O)CSC1NC(=O)CC(CC(=O)NCc2cccs2)N1. The summed E-state index contributed by atoms with van der Waals surface area (Å²) in [7, 11) is 0. The number of ether oxygens (including phenoxy) is 1. The van der Waals surface area contributed by atoms with Crippen molar-refractivity contribution < 1.29 is 23.9 Å². The van der Waals surface area contributed by atoms with Crippen LogP contribution in [0.1, 0.15) is 24.6 Å². The minimum Gasteiger partial charge on any atom is -0.465 e. The van der Waals surface area contributed by atoms with Crippen LogP contribution in [0.25, 0.3) is 0 Å². The highest BCUT2D eigenvalue weighted by Crippen LogP contribution is 2.14. The maximum Gasteiger partial charge on any atom is 0.325 e. The Bertz CT molecular complexity index is 683. The first-order valence-electron chi connectivity index (χ1n) is 8.84. The number of thioether (sulfide) groups is 1. The first-order valence-corrected chi connectivity index (χ1v) is 10.8. The van der Waals surface area contributed by atoms with E-state index in [1.807, 2.05) is 17.5 Å². The van der Waals surface area contributed by atoms with Gasteiger partial charge in [-0.25, -0.2) is 0 Å². The fourth-order valence-corrected chi connectivity index (χ4v) is 4.02. The molecule has 0 aromatic carbocycles. The highest BCUT2D eigenvalue weighted by atomic mass is 32.2. The van der Waals surface area contributed by atoms with Crippen LogP contribution in [0.3, 0.4) is 0 Å². The Kier molecular flexibility index (Phi) is 9.24. The largest absolute Gasteiger partial charge is 0.465 e. The molecule has 1 aromatic rings. The minimum absolute atomic E-state index is 0.0502. The quantitative estimate of drug-likeness (QED) is 0.384. The Hall–Kier alpha value is -2.11. The van der Waals surface area contributed by atoms with Gasteiger partial charge in [0, 0.05) is 23.8 Å². The van der Waals surface area contributed by atoms with Crippen LogP contribution in [-0.2, 0) is 30.5 Å². The second-order valence-corrected chi connectivity index (χ2v) is 8.09. The van der Waals surface area contributed by atoms with E-state index < -0.39 is 11.5 Å². The first kappa shape index (κ1) is 22.2.